The summed E-state index contributed by atoms with van der Waals surface area (Å²) in [5, 5.41) is 0. The van der Waals surface area contributed by atoms with Crippen LogP contribution >= 0.6 is 0 Å². The normalized spacial score (nSPS) is 24.1. The molecule has 1 aliphatic heterocycles. The fourth-order valence-electron chi connectivity index (χ4n) is 2.25. The summed E-state index contributed by atoms with van der Waals surface area (Å²) in [6.07, 6.45) is 0.627. The van der Waals surface area contributed by atoms with Gasteiger partial charge in [0.15, 0.2) is 0 Å². The standard InChI is InChI=1S/C11H22N2O/c1-9(2)13-7-6-12(5)10(14)8-11(13,3)4/h9H,6-8H2,1-5H3. The van der Waals surface area contributed by atoms with E-state index >= 15 is 0 Å². The Hall–Kier alpha value is -0.570. The number of likely N-dealkylation sites (N-methyl/N-ethyl adjacent to an activating group) is 1. The van der Waals surface area contributed by atoms with Gasteiger partial charge in [-0.05, 0) is 27.7 Å². The fraction of sp³-hybridized carbons (Fsp3) is 0.909. The molecule has 0 bridgehead atoms. The highest BCUT2D eigenvalue weighted by Crippen LogP contribution is 2.24. The Labute approximate surface area is 87.1 Å². The Balaban J connectivity index is 2.83. The SMILES string of the molecule is CC(C)N1CCN(C)C(=O)CC1(C)C. The van der Waals surface area contributed by atoms with Crippen molar-refractivity contribution in [3.05, 3.63) is 0 Å². The van der Waals surface area contributed by atoms with Crippen LogP contribution in [0.3, 0.4) is 0 Å². The lowest BCUT2D eigenvalue weighted by molar-refractivity contribution is -0.130. The van der Waals surface area contributed by atoms with Crippen LogP contribution in [0.5, 0.6) is 0 Å². The van der Waals surface area contributed by atoms with Crippen molar-refractivity contribution < 1.29 is 4.79 Å². The summed E-state index contributed by atoms with van der Waals surface area (Å²) in [4.78, 5) is 15.9. The maximum absolute atomic E-state index is 11.7. The first-order valence-corrected chi connectivity index (χ1v) is 5.35. The third kappa shape index (κ3) is 2.27. The third-order valence-electron chi connectivity index (χ3n) is 3.09. The Morgan fingerprint density at radius 1 is 1.29 bits per heavy atom. The van der Waals surface area contributed by atoms with E-state index in [2.05, 4.69) is 32.6 Å². The maximum Gasteiger partial charge on any atom is 0.224 e. The number of carbonyl (C=O) groups is 1. The molecule has 1 rings (SSSR count). The Kier molecular flexibility index (Phi) is 3.20. The molecule has 3 heteroatoms. The zero-order chi connectivity index (χ0) is 10.9. The molecule has 0 N–H and O–H groups in total. The average Bonchev–Trinajstić information content (AvgIpc) is 2.09. The number of hydrogen-bond donors (Lipinski definition) is 0. The van der Waals surface area contributed by atoms with Crippen molar-refractivity contribution in [3.8, 4) is 0 Å². The van der Waals surface area contributed by atoms with E-state index in [1.165, 1.54) is 0 Å². The average molecular weight is 198 g/mol. The van der Waals surface area contributed by atoms with Gasteiger partial charge < -0.3 is 4.90 Å². The van der Waals surface area contributed by atoms with E-state index in [1.807, 2.05) is 11.9 Å². The molecule has 0 unspecified atom stereocenters. The van der Waals surface area contributed by atoms with Crippen molar-refractivity contribution >= 4 is 5.91 Å². The second kappa shape index (κ2) is 3.89. The van der Waals surface area contributed by atoms with Crippen LogP contribution in [0.4, 0.5) is 0 Å². The molecule has 0 aromatic rings. The van der Waals surface area contributed by atoms with Crippen molar-refractivity contribution in [1.29, 1.82) is 0 Å². The van der Waals surface area contributed by atoms with Gasteiger partial charge in [-0.25, -0.2) is 0 Å². The highest BCUT2D eigenvalue weighted by molar-refractivity contribution is 5.77. The van der Waals surface area contributed by atoms with Gasteiger partial charge in [-0.15, -0.1) is 0 Å². The lowest BCUT2D eigenvalue weighted by Gasteiger charge is -2.39. The number of rotatable bonds is 1. The van der Waals surface area contributed by atoms with Gasteiger partial charge in [-0.2, -0.15) is 0 Å². The van der Waals surface area contributed by atoms with Gasteiger partial charge in [-0.1, -0.05) is 0 Å². The second-order valence-corrected chi connectivity index (χ2v) is 5.09. The lowest BCUT2D eigenvalue weighted by atomic mass is 9.96. The van der Waals surface area contributed by atoms with Gasteiger partial charge in [0.25, 0.3) is 0 Å². The topological polar surface area (TPSA) is 23.6 Å². The first kappa shape index (κ1) is 11.5. The predicted molar refractivity (Wildman–Crippen MR) is 58.2 cm³/mol. The fourth-order valence-corrected chi connectivity index (χ4v) is 2.25. The molecule has 1 fully saturated rings. The van der Waals surface area contributed by atoms with Crippen LogP contribution in [0.25, 0.3) is 0 Å². The molecular formula is C11H22N2O. The van der Waals surface area contributed by atoms with E-state index in [1.54, 1.807) is 0 Å². The predicted octanol–water partition coefficient (Wildman–Crippen LogP) is 1.34. The third-order valence-corrected chi connectivity index (χ3v) is 3.09. The minimum atomic E-state index is -0.00396. The summed E-state index contributed by atoms with van der Waals surface area (Å²) in [5.41, 5.74) is -0.00396. The molecule has 0 aromatic carbocycles. The Morgan fingerprint density at radius 3 is 2.36 bits per heavy atom. The second-order valence-electron chi connectivity index (χ2n) is 5.09. The summed E-state index contributed by atoms with van der Waals surface area (Å²) < 4.78 is 0. The lowest BCUT2D eigenvalue weighted by Crippen LogP contribution is -2.48. The summed E-state index contributed by atoms with van der Waals surface area (Å²) in [6.45, 7) is 10.5. The molecular weight excluding hydrogens is 176 g/mol. The van der Waals surface area contributed by atoms with Crippen LogP contribution in [0, 0.1) is 0 Å². The zero-order valence-corrected chi connectivity index (χ0v) is 10.0. The molecule has 14 heavy (non-hydrogen) atoms. The Bertz CT molecular complexity index is 223. The van der Waals surface area contributed by atoms with E-state index in [4.69, 9.17) is 0 Å². The highest BCUT2D eigenvalue weighted by Gasteiger charge is 2.34. The monoisotopic (exact) mass is 198 g/mol. The van der Waals surface area contributed by atoms with Gasteiger partial charge in [0, 0.05) is 38.1 Å². The zero-order valence-electron chi connectivity index (χ0n) is 10.0. The number of nitrogens with zero attached hydrogens (tertiary/aromatic N) is 2. The van der Waals surface area contributed by atoms with Crippen molar-refractivity contribution in [1.82, 2.24) is 9.80 Å². The smallest absolute Gasteiger partial charge is 0.224 e. The van der Waals surface area contributed by atoms with E-state index < -0.39 is 0 Å². The minimum Gasteiger partial charge on any atom is -0.344 e. The molecule has 0 atom stereocenters. The first-order chi connectivity index (χ1) is 6.34. The van der Waals surface area contributed by atoms with Gasteiger partial charge >= 0.3 is 0 Å². The molecule has 1 heterocycles. The van der Waals surface area contributed by atoms with Crippen LogP contribution in [0.15, 0.2) is 0 Å². The van der Waals surface area contributed by atoms with Gasteiger partial charge in [0.1, 0.15) is 0 Å². The molecule has 3 nitrogen and oxygen atoms in total. The first-order valence-electron chi connectivity index (χ1n) is 5.35. The van der Waals surface area contributed by atoms with Gasteiger partial charge in [0.2, 0.25) is 5.91 Å². The number of hydrogen-bond acceptors (Lipinski definition) is 2. The van der Waals surface area contributed by atoms with E-state index in [9.17, 15) is 4.79 Å². The van der Waals surface area contributed by atoms with Crippen LogP contribution in [0.2, 0.25) is 0 Å². The van der Waals surface area contributed by atoms with Crippen LogP contribution in [-0.4, -0.2) is 47.4 Å². The van der Waals surface area contributed by atoms with E-state index in [0.717, 1.165) is 13.1 Å². The molecule has 1 amide bonds. The molecule has 82 valence electrons. The van der Waals surface area contributed by atoms with Gasteiger partial charge in [0.05, 0.1) is 0 Å². The quantitative estimate of drug-likeness (QED) is 0.635. The van der Waals surface area contributed by atoms with Crippen LogP contribution in [-0.2, 0) is 4.79 Å². The summed E-state index contributed by atoms with van der Waals surface area (Å²) >= 11 is 0. The van der Waals surface area contributed by atoms with Crippen LogP contribution in [0.1, 0.15) is 34.1 Å². The molecule has 0 spiro atoms. The Morgan fingerprint density at radius 2 is 1.86 bits per heavy atom. The summed E-state index contributed by atoms with van der Waals surface area (Å²) in [5.74, 6) is 0.262. The largest absolute Gasteiger partial charge is 0.344 e. The van der Waals surface area contributed by atoms with Crippen molar-refractivity contribution in [2.45, 2.75) is 45.7 Å². The van der Waals surface area contributed by atoms with Crippen molar-refractivity contribution in [2.75, 3.05) is 20.1 Å². The van der Waals surface area contributed by atoms with Crippen LogP contribution < -0.4 is 0 Å². The minimum absolute atomic E-state index is 0.00396. The van der Waals surface area contributed by atoms with Gasteiger partial charge in [-0.3, -0.25) is 9.69 Å². The number of amides is 1. The van der Waals surface area contributed by atoms with E-state index in [-0.39, 0.29) is 11.4 Å². The molecule has 0 aliphatic carbocycles. The van der Waals surface area contributed by atoms with E-state index in [0.29, 0.717) is 12.5 Å². The highest BCUT2D eigenvalue weighted by atomic mass is 16.2. The van der Waals surface area contributed by atoms with Crippen molar-refractivity contribution in [2.24, 2.45) is 0 Å². The molecule has 1 aliphatic rings. The summed E-state index contributed by atoms with van der Waals surface area (Å²) in [6, 6.07) is 0.504. The molecule has 0 saturated carbocycles. The molecule has 1 saturated heterocycles. The maximum atomic E-state index is 11.7. The molecule has 0 aromatic heterocycles. The molecule has 0 radical (unpaired) electrons. The number of carbonyl (C=O) groups excluding carboxylic acids is 1. The summed E-state index contributed by atoms with van der Waals surface area (Å²) in [7, 11) is 1.89. The van der Waals surface area contributed by atoms with Crippen molar-refractivity contribution in [3.63, 3.8) is 0 Å².